The van der Waals surface area contributed by atoms with Crippen LogP contribution >= 0.6 is 22.6 Å². The van der Waals surface area contributed by atoms with Crippen molar-refractivity contribution in [2.75, 3.05) is 40.0 Å². The van der Waals surface area contributed by atoms with Gasteiger partial charge in [0.2, 0.25) is 5.91 Å². The smallest absolute Gasteiger partial charge is 0.289 e. The van der Waals surface area contributed by atoms with Gasteiger partial charge in [0.15, 0.2) is 17.1 Å². The molecule has 2 aromatic carbocycles. The average molecular weight is 679 g/mol. The predicted molar refractivity (Wildman–Crippen MR) is 161 cm³/mol. The lowest BCUT2D eigenvalue weighted by Gasteiger charge is -2.40. The Labute approximate surface area is 252 Å². The van der Waals surface area contributed by atoms with Gasteiger partial charge in [0.05, 0.1) is 23.3 Å². The Morgan fingerprint density at radius 3 is 2.68 bits per heavy atom. The Kier molecular flexibility index (Phi) is 11.0. The molecule has 0 spiro atoms. The molecular weight excluding hydrogens is 643 g/mol. The Morgan fingerprint density at radius 2 is 1.95 bits per heavy atom. The summed E-state index contributed by atoms with van der Waals surface area (Å²) in [6, 6.07) is 13.6. The first kappa shape index (κ1) is 30.8. The van der Waals surface area contributed by atoms with Gasteiger partial charge in [-0.2, -0.15) is 0 Å². The van der Waals surface area contributed by atoms with Crippen LogP contribution in [-0.2, 0) is 9.53 Å². The van der Waals surface area contributed by atoms with Gasteiger partial charge < -0.3 is 39.1 Å². The molecule has 0 bridgehead atoms. The van der Waals surface area contributed by atoms with Gasteiger partial charge in [0.1, 0.15) is 18.0 Å². The van der Waals surface area contributed by atoms with Crippen LogP contribution in [0.3, 0.4) is 0 Å². The molecule has 1 aliphatic carbocycles. The number of para-hydroxylation sites is 2. The molecule has 0 aliphatic heterocycles. The summed E-state index contributed by atoms with van der Waals surface area (Å²) in [7, 11) is 1.53. The van der Waals surface area contributed by atoms with Gasteiger partial charge in [-0.05, 0) is 66.3 Å². The Balaban J connectivity index is 1.70. The lowest BCUT2D eigenvalue weighted by atomic mass is 9.88. The van der Waals surface area contributed by atoms with Crippen LogP contribution in [0.4, 0.5) is 0 Å². The summed E-state index contributed by atoms with van der Waals surface area (Å²) >= 11 is 2.14. The molecule has 3 N–H and O–H groups in total. The highest BCUT2D eigenvalue weighted by Gasteiger charge is 2.41. The number of ether oxygens (including phenoxy) is 3. The molecule has 0 radical (unpaired) electrons. The van der Waals surface area contributed by atoms with Crippen molar-refractivity contribution in [2.24, 2.45) is 0 Å². The van der Waals surface area contributed by atoms with E-state index in [0.29, 0.717) is 47.7 Å². The monoisotopic (exact) mass is 678 g/mol. The fourth-order valence-corrected chi connectivity index (χ4v) is 5.32. The summed E-state index contributed by atoms with van der Waals surface area (Å²) < 4.78 is 23.9. The van der Waals surface area contributed by atoms with Crippen LogP contribution in [0.5, 0.6) is 11.5 Å². The van der Waals surface area contributed by atoms with Gasteiger partial charge in [0.25, 0.3) is 5.91 Å². The van der Waals surface area contributed by atoms with Crippen molar-refractivity contribution in [2.45, 2.75) is 38.0 Å². The molecule has 220 valence electrons. The predicted octanol–water partition coefficient (Wildman–Crippen LogP) is 3.53. The molecule has 2 amide bonds. The van der Waals surface area contributed by atoms with Gasteiger partial charge in [-0.25, -0.2) is 0 Å². The maximum Gasteiger partial charge on any atom is 0.289 e. The van der Waals surface area contributed by atoms with Crippen molar-refractivity contribution in [1.29, 1.82) is 0 Å². The molecule has 3 atom stereocenters. The summed E-state index contributed by atoms with van der Waals surface area (Å²) in [6.45, 7) is 2.94. The van der Waals surface area contributed by atoms with Crippen LogP contribution in [-0.4, -0.2) is 85.2 Å². The van der Waals surface area contributed by atoms with Crippen molar-refractivity contribution in [3.63, 3.8) is 0 Å². The minimum atomic E-state index is -1.16. The van der Waals surface area contributed by atoms with Crippen LogP contribution in [0.1, 0.15) is 30.3 Å². The number of aliphatic hydroxyl groups excluding tert-OH is 2. The van der Waals surface area contributed by atoms with E-state index < -0.39 is 30.1 Å². The molecular formula is C30H35IN2O8. The first-order chi connectivity index (χ1) is 19.9. The van der Waals surface area contributed by atoms with Crippen molar-refractivity contribution in [3.05, 3.63) is 69.5 Å². The number of hydrogen-bond acceptors (Lipinski definition) is 8. The van der Waals surface area contributed by atoms with Gasteiger partial charge in [0, 0.05) is 43.7 Å². The summed E-state index contributed by atoms with van der Waals surface area (Å²) in [4.78, 5) is 28.6. The number of methoxy groups -OCH3 is 1. The molecule has 1 aliphatic rings. The topological polar surface area (TPSA) is 131 Å². The van der Waals surface area contributed by atoms with E-state index in [1.165, 1.54) is 12.0 Å². The van der Waals surface area contributed by atoms with E-state index in [1.807, 2.05) is 37.3 Å². The molecule has 0 saturated heterocycles. The van der Waals surface area contributed by atoms with E-state index in [2.05, 4.69) is 27.9 Å². The molecule has 10 nitrogen and oxygen atoms in total. The first-order valence-electron chi connectivity index (χ1n) is 13.5. The van der Waals surface area contributed by atoms with Crippen LogP contribution in [0.2, 0.25) is 0 Å². The zero-order valence-electron chi connectivity index (χ0n) is 23.0. The standard InChI is InChI=1S/C30H35IN2O8/c1-3-39-15-7-13-33(30(37)26-17-19-8-6-11-24(38-2)28(19)41-26)22-16-20(29(36)32-12-14-34)18-25(27(22)35)40-23-10-5-4-9-21(23)31/h4-6,8-11,17-18,22,25,27,34-35H,3,7,12-16H2,1-2H3,(H,32,36). The normalized spacial score (nSPS) is 18.6. The second-order valence-corrected chi connectivity index (χ2v) is 10.6. The van der Waals surface area contributed by atoms with Crippen molar-refractivity contribution in [3.8, 4) is 11.5 Å². The largest absolute Gasteiger partial charge is 0.493 e. The molecule has 1 heterocycles. The van der Waals surface area contributed by atoms with Gasteiger partial charge in [-0.1, -0.05) is 24.3 Å². The number of aliphatic hydroxyl groups is 2. The van der Waals surface area contributed by atoms with Crippen LogP contribution in [0.15, 0.2) is 64.6 Å². The van der Waals surface area contributed by atoms with E-state index >= 15 is 0 Å². The quantitative estimate of drug-likeness (QED) is 0.185. The Morgan fingerprint density at radius 1 is 1.17 bits per heavy atom. The van der Waals surface area contributed by atoms with E-state index in [1.54, 1.807) is 24.3 Å². The number of carbonyl (C=O) groups excluding carboxylic acids is 2. The minimum absolute atomic E-state index is 0.0727. The molecule has 3 unspecified atom stereocenters. The highest BCUT2D eigenvalue weighted by atomic mass is 127. The number of benzene rings is 2. The molecule has 1 aromatic heterocycles. The zero-order chi connectivity index (χ0) is 29.4. The summed E-state index contributed by atoms with van der Waals surface area (Å²) in [5, 5.41) is 24.2. The number of rotatable bonds is 13. The maximum absolute atomic E-state index is 14.0. The van der Waals surface area contributed by atoms with Crippen LogP contribution in [0.25, 0.3) is 11.0 Å². The van der Waals surface area contributed by atoms with Gasteiger partial charge in [-0.15, -0.1) is 0 Å². The Hall–Kier alpha value is -3.13. The fraction of sp³-hybridized carbons (Fsp3) is 0.400. The number of nitrogens with zero attached hydrogens (tertiary/aromatic N) is 1. The highest BCUT2D eigenvalue weighted by molar-refractivity contribution is 14.1. The number of furan rings is 1. The molecule has 11 heteroatoms. The molecule has 3 aromatic rings. The second-order valence-electron chi connectivity index (χ2n) is 9.48. The van der Waals surface area contributed by atoms with E-state index in [-0.39, 0.29) is 31.9 Å². The lowest BCUT2D eigenvalue weighted by molar-refractivity contribution is -0.118. The van der Waals surface area contributed by atoms with Gasteiger partial charge >= 0.3 is 0 Å². The number of nitrogens with one attached hydrogen (secondary N) is 1. The van der Waals surface area contributed by atoms with E-state index in [9.17, 15) is 19.8 Å². The van der Waals surface area contributed by atoms with Crippen molar-refractivity contribution in [1.82, 2.24) is 10.2 Å². The number of amides is 2. The van der Waals surface area contributed by atoms with Crippen molar-refractivity contribution < 1.29 is 38.4 Å². The average Bonchev–Trinajstić information content (AvgIpc) is 3.43. The van der Waals surface area contributed by atoms with E-state index in [0.717, 1.165) is 3.57 Å². The summed E-state index contributed by atoms with van der Waals surface area (Å²) in [5.74, 6) is 0.294. The molecule has 0 saturated carbocycles. The Bertz CT molecular complexity index is 1370. The van der Waals surface area contributed by atoms with Crippen LogP contribution in [0, 0.1) is 3.57 Å². The number of halogens is 1. The second kappa shape index (κ2) is 14.7. The fourth-order valence-electron chi connectivity index (χ4n) is 4.81. The summed E-state index contributed by atoms with van der Waals surface area (Å²) in [6.07, 6.45) is 0.0947. The third-order valence-electron chi connectivity index (χ3n) is 6.81. The van der Waals surface area contributed by atoms with Crippen molar-refractivity contribution >= 4 is 45.4 Å². The minimum Gasteiger partial charge on any atom is -0.493 e. The maximum atomic E-state index is 14.0. The SMILES string of the molecule is CCOCCCN(C(=O)c1cc2cccc(OC)c2o1)C1CC(C(=O)NCCO)=CC(Oc2ccccc2I)C1O. The third kappa shape index (κ3) is 7.39. The zero-order valence-corrected chi connectivity index (χ0v) is 25.2. The molecule has 41 heavy (non-hydrogen) atoms. The number of fused-ring (bicyclic) bond motifs is 1. The lowest BCUT2D eigenvalue weighted by Crippen LogP contribution is -2.55. The van der Waals surface area contributed by atoms with E-state index in [4.69, 9.17) is 18.6 Å². The molecule has 4 rings (SSSR count). The van der Waals surface area contributed by atoms with Crippen LogP contribution < -0.4 is 14.8 Å². The highest BCUT2D eigenvalue weighted by Crippen LogP contribution is 2.33. The first-order valence-corrected chi connectivity index (χ1v) is 14.6. The number of carbonyl (C=O) groups is 2. The van der Waals surface area contributed by atoms with Gasteiger partial charge in [-0.3, -0.25) is 9.59 Å². The number of hydrogen-bond donors (Lipinski definition) is 3. The summed E-state index contributed by atoms with van der Waals surface area (Å²) in [5.41, 5.74) is 0.791. The third-order valence-corrected chi connectivity index (χ3v) is 7.70. The molecule has 0 fully saturated rings.